The number of H-pyrrole nitrogens is 1. The number of nitriles is 1. The number of amides is 1. The van der Waals surface area contributed by atoms with Gasteiger partial charge in [-0.05, 0) is 76.7 Å². The molecule has 31 heavy (non-hydrogen) atoms. The van der Waals surface area contributed by atoms with Crippen LogP contribution in [0.15, 0.2) is 84.6 Å². The summed E-state index contributed by atoms with van der Waals surface area (Å²) in [6.45, 7) is 0.462. The molecule has 1 amide bonds. The number of ether oxygens (including phenoxy) is 1. The predicted molar refractivity (Wildman–Crippen MR) is 130 cm³/mol. The number of hydrogen-bond acceptors (Lipinski definition) is 3. The number of carbonyl (C=O) groups is 1. The van der Waals surface area contributed by atoms with Crippen LogP contribution in [0, 0.1) is 14.9 Å². The lowest BCUT2D eigenvalue weighted by atomic mass is 10.1. The Morgan fingerprint density at radius 3 is 2.61 bits per heavy atom. The van der Waals surface area contributed by atoms with Crippen molar-refractivity contribution in [3.63, 3.8) is 0 Å². The molecule has 0 spiro atoms. The van der Waals surface area contributed by atoms with E-state index in [4.69, 9.17) is 4.74 Å². The Morgan fingerprint density at radius 2 is 1.87 bits per heavy atom. The van der Waals surface area contributed by atoms with Crippen molar-refractivity contribution < 1.29 is 9.53 Å². The van der Waals surface area contributed by atoms with Gasteiger partial charge in [0.15, 0.2) is 0 Å². The van der Waals surface area contributed by atoms with Crippen molar-refractivity contribution in [1.82, 2.24) is 4.98 Å². The van der Waals surface area contributed by atoms with Crippen LogP contribution in [0.4, 0.5) is 5.69 Å². The number of aromatic amines is 1. The number of nitrogens with zero attached hydrogens (tertiary/aromatic N) is 1. The van der Waals surface area contributed by atoms with Crippen LogP contribution in [0.25, 0.3) is 17.0 Å². The zero-order chi connectivity index (χ0) is 21.6. The smallest absolute Gasteiger partial charge is 0.266 e. The first kappa shape index (κ1) is 20.7. The highest BCUT2D eigenvalue weighted by atomic mass is 127. The minimum atomic E-state index is -0.449. The third-order valence-corrected chi connectivity index (χ3v) is 5.42. The van der Waals surface area contributed by atoms with E-state index in [0.29, 0.717) is 18.0 Å². The maximum absolute atomic E-state index is 12.6. The number of nitrogens with one attached hydrogen (secondary N) is 2. The van der Waals surface area contributed by atoms with Gasteiger partial charge in [-0.3, -0.25) is 4.79 Å². The van der Waals surface area contributed by atoms with Crippen molar-refractivity contribution in [1.29, 1.82) is 5.26 Å². The fourth-order valence-electron chi connectivity index (χ4n) is 3.11. The predicted octanol–water partition coefficient (Wildman–Crippen LogP) is 5.90. The fraction of sp³-hybridized carbons (Fsp3) is 0.0400. The summed E-state index contributed by atoms with van der Waals surface area (Å²) < 4.78 is 6.98. The van der Waals surface area contributed by atoms with Crippen LogP contribution in [0.1, 0.15) is 11.1 Å². The van der Waals surface area contributed by atoms with E-state index in [1.54, 1.807) is 24.4 Å². The lowest BCUT2D eigenvalue weighted by Crippen LogP contribution is -2.13. The number of rotatable bonds is 6. The summed E-state index contributed by atoms with van der Waals surface area (Å²) in [5, 5.41) is 13.2. The summed E-state index contributed by atoms with van der Waals surface area (Å²) in [6.07, 6.45) is 3.36. The molecule has 2 N–H and O–H groups in total. The molecule has 152 valence electrons. The minimum Gasteiger partial charge on any atom is -0.489 e. The van der Waals surface area contributed by atoms with Gasteiger partial charge in [0.1, 0.15) is 24.0 Å². The standard InChI is InChI=1S/C25H18IN3O2/c26-20-6-8-21(9-7-20)29-25(30)18(14-27)12-19-15-28-24-11-10-22(13-23(19)24)31-16-17-4-2-1-3-5-17/h1-13,15,28H,16H2,(H,29,30)/b18-12+. The van der Waals surface area contributed by atoms with Gasteiger partial charge in [-0.2, -0.15) is 5.26 Å². The summed E-state index contributed by atoms with van der Waals surface area (Å²) in [7, 11) is 0. The Balaban J connectivity index is 1.55. The second-order valence-corrected chi connectivity index (χ2v) is 8.10. The quantitative estimate of drug-likeness (QED) is 0.189. The zero-order valence-electron chi connectivity index (χ0n) is 16.4. The molecule has 1 aromatic heterocycles. The maximum atomic E-state index is 12.6. The summed E-state index contributed by atoms with van der Waals surface area (Å²) in [6, 6.07) is 25.0. The van der Waals surface area contributed by atoms with E-state index in [2.05, 4.69) is 32.9 Å². The normalized spacial score (nSPS) is 11.2. The first-order chi connectivity index (χ1) is 15.1. The molecule has 0 unspecified atom stereocenters. The summed E-state index contributed by atoms with van der Waals surface area (Å²) in [5.74, 6) is 0.266. The van der Waals surface area contributed by atoms with Gasteiger partial charge in [0.25, 0.3) is 5.91 Å². The highest BCUT2D eigenvalue weighted by Gasteiger charge is 2.12. The molecule has 0 saturated heterocycles. The summed E-state index contributed by atoms with van der Waals surface area (Å²) in [5.41, 5.74) is 3.39. The molecular weight excluding hydrogens is 501 g/mol. The van der Waals surface area contributed by atoms with Gasteiger partial charge in [0.2, 0.25) is 0 Å². The van der Waals surface area contributed by atoms with Crippen LogP contribution in [-0.2, 0) is 11.4 Å². The highest BCUT2D eigenvalue weighted by Crippen LogP contribution is 2.26. The van der Waals surface area contributed by atoms with Crippen LogP contribution in [0.2, 0.25) is 0 Å². The SMILES string of the molecule is N#C/C(=C\c1c[nH]c2ccc(OCc3ccccc3)cc12)C(=O)Nc1ccc(I)cc1. The van der Waals surface area contributed by atoms with Crippen molar-refractivity contribution in [3.8, 4) is 11.8 Å². The van der Waals surface area contributed by atoms with Crippen LogP contribution in [0.3, 0.4) is 0 Å². The average molecular weight is 519 g/mol. The number of carbonyl (C=O) groups excluding carboxylic acids is 1. The number of aromatic nitrogens is 1. The van der Waals surface area contributed by atoms with Crippen molar-refractivity contribution >= 4 is 51.2 Å². The second-order valence-electron chi connectivity index (χ2n) is 6.86. The van der Waals surface area contributed by atoms with Gasteiger partial charge < -0.3 is 15.0 Å². The average Bonchev–Trinajstić information content (AvgIpc) is 3.20. The Kier molecular flexibility index (Phi) is 6.34. The fourth-order valence-corrected chi connectivity index (χ4v) is 3.47. The topological polar surface area (TPSA) is 77.9 Å². The highest BCUT2D eigenvalue weighted by molar-refractivity contribution is 14.1. The molecule has 0 bridgehead atoms. The van der Waals surface area contributed by atoms with Crippen LogP contribution >= 0.6 is 22.6 Å². The van der Waals surface area contributed by atoms with Gasteiger partial charge in [0.05, 0.1) is 0 Å². The maximum Gasteiger partial charge on any atom is 0.266 e. The van der Waals surface area contributed by atoms with E-state index in [-0.39, 0.29) is 5.57 Å². The molecular formula is C25H18IN3O2. The van der Waals surface area contributed by atoms with Crippen molar-refractivity contribution in [3.05, 3.63) is 99.3 Å². The molecule has 0 radical (unpaired) electrons. The Hall–Kier alpha value is -3.57. The van der Waals surface area contributed by atoms with Crippen molar-refractivity contribution in [2.24, 2.45) is 0 Å². The minimum absolute atomic E-state index is 0.0232. The molecule has 4 rings (SSSR count). The van der Waals surface area contributed by atoms with Crippen molar-refractivity contribution in [2.75, 3.05) is 5.32 Å². The molecule has 0 fully saturated rings. The molecule has 3 aromatic carbocycles. The van der Waals surface area contributed by atoms with Crippen LogP contribution in [-0.4, -0.2) is 10.9 Å². The van der Waals surface area contributed by atoms with E-state index in [0.717, 1.165) is 25.6 Å². The Morgan fingerprint density at radius 1 is 1.10 bits per heavy atom. The van der Waals surface area contributed by atoms with E-state index in [9.17, 15) is 10.1 Å². The molecule has 6 heteroatoms. The third kappa shape index (κ3) is 5.13. The molecule has 5 nitrogen and oxygen atoms in total. The number of fused-ring (bicyclic) bond motifs is 1. The lowest BCUT2D eigenvalue weighted by molar-refractivity contribution is -0.112. The first-order valence-electron chi connectivity index (χ1n) is 9.59. The monoisotopic (exact) mass is 519 g/mol. The molecule has 0 aliphatic rings. The first-order valence-corrected chi connectivity index (χ1v) is 10.7. The van der Waals surface area contributed by atoms with Gasteiger partial charge in [-0.15, -0.1) is 0 Å². The third-order valence-electron chi connectivity index (χ3n) is 4.70. The van der Waals surface area contributed by atoms with E-state index < -0.39 is 5.91 Å². The number of halogens is 1. The van der Waals surface area contributed by atoms with Crippen molar-refractivity contribution in [2.45, 2.75) is 6.61 Å². The largest absolute Gasteiger partial charge is 0.489 e. The van der Waals surface area contributed by atoms with Gasteiger partial charge in [0, 0.05) is 31.9 Å². The Bertz CT molecular complexity index is 1290. The second kappa shape index (κ2) is 9.49. The zero-order valence-corrected chi connectivity index (χ0v) is 18.6. The van der Waals surface area contributed by atoms with E-state index in [1.807, 2.05) is 66.7 Å². The summed E-state index contributed by atoms with van der Waals surface area (Å²) in [4.78, 5) is 15.7. The number of anilines is 1. The van der Waals surface area contributed by atoms with Crippen LogP contribution in [0.5, 0.6) is 5.75 Å². The number of hydrogen-bond donors (Lipinski definition) is 2. The van der Waals surface area contributed by atoms with E-state index in [1.165, 1.54) is 0 Å². The molecule has 1 heterocycles. The molecule has 0 aliphatic carbocycles. The molecule has 0 aliphatic heterocycles. The molecule has 0 saturated carbocycles. The van der Waals surface area contributed by atoms with E-state index >= 15 is 0 Å². The number of benzene rings is 3. The lowest BCUT2D eigenvalue weighted by Gasteiger charge is -2.07. The van der Waals surface area contributed by atoms with Gasteiger partial charge in [-0.1, -0.05) is 30.3 Å². The Labute approximate surface area is 193 Å². The van der Waals surface area contributed by atoms with Gasteiger partial charge in [-0.25, -0.2) is 0 Å². The van der Waals surface area contributed by atoms with Crippen LogP contribution < -0.4 is 10.1 Å². The van der Waals surface area contributed by atoms with Gasteiger partial charge >= 0.3 is 0 Å². The molecule has 0 atom stereocenters. The summed E-state index contributed by atoms with van der Waals surface area (Å²) >= 11 is 2.19. The molecule has 4 aromatic rings.